The van der Waals surface area contributed by atoms with Crippen molar-refractivity contribution in [1.82, 2.24) is 20.1 Å². The van der Waals surface area contributed by atoms with Crippen molar-refractivity contribution in [3.63, 3.8) is 0 Å². The average Bonchev–Trinajstić information content (AvgIpc) is 2.78. The van der Waals surface area contributed by atoms with Crippen molar-refractivity contribution >= 4 is 11.8 Å². The van der Waals surface area contributed by atoms with Crippen LogP contribution in [0, 0.1) is 11.3 Å². The van der Waals surface area contributed by atoms with E-state index in [1.165, 1.54) is 16.3 Å². The topological polar surface area (TPSA) is 86.5 Å². The molecule has 21 heavy (non-hydrogen) atoms. The van der Waals surface area contributed by atoms with Crippen LogP contribution in [-0.2, 0) is 13.6 Å². The van der Waals surface area contributed by atoms with Crippen LogP contribution in [0.25, 0.3) is 0 Å². The van der Waals surface area contributed by atoms with Gasteiger partial charge in [0.05, 0.1) is 5.56 Å². The van der Waals surface area contributed by atoms with Gasteiger partial charge in [0.2, 0.25) is 0 Å². The second-order valence-electron chi connectivity index (χ2n) is 4.95. The number of rotatable bonds is 5. The summed E-state index contributed by atoms with van der Waals surface area (Å²) < 4.78 is 1.42. The molecule has 0 fully saturated rings. The summed E-state index contributed by atoms with van der Waals surface area (Å²) in [7, 11) is 1.64. The highest BCUT2D eigenvalue weighted by molar-refractivity contribution is 7.99. The maximum Gasteiger partial charge on any atom is 0.343 e. The van der Waals surface area contributed by atoms with Gasteiger partial charge in [-0.2, -0.15) is 5.26 Å². The Morgan fingerprint density at radius 3 is 2.86 bits per heavy atom. The SMILES string of the molecule is CC(C)NCc1ccc(Sc2n[nH]c(=O)n2C)c(C#N)c1. The largest absolute Gasteiger partial charge is 0.343 e. The molecule has 0 unspecified atom stereocenters. The van der Waals surface area contributed by atoms with Gasteiger partial charge in [0.15, 0.2) is 5.16 Å². The fourth-order valence-corrected chi connectivity index (χ4v) is 2.57. The van der Waals surface area contributed by atoms with Crippen LogP contribution in [0.1, 0.15) is 25.0 Å². The lowest BCUT2D eigenvalue weighted by atomic mass is 10.1. The molecule has 0 radical (unpaired) electrons. The summed E-state index contributed by atoms with van der Waals surface area (Å²) in [6.45, 7) is 4.87. The molecule has 0 amide bonds. The van der Waals surface area contributed by atoms with Crippen LogP contribution in [0.4, 0.5) is 0 Å². The highest BCUT2D eigenvalue weighted by Gasteiger charge is 2.10. The minimum absolute atomic E-state index is 0.270. The molecule has 7 heteroatoms. The standard InChI is InChI=1S/C14H17N5OS/c1-9(2)16-8-10-4-5-12(11(6-10)7-15)21-14-18-17-13(20)19(14)3/h4-6,9,16H,8H2,1-3H3,(H,17,20). The average molecular weight is 303 g/mol. The molecular formula is C14H17N5OS. The molecule has 1 heterocycles. The molecule has 2 N–H and O–H groups in total. The lowest BCUT2D eigenvalue weighted by molar-refractivity contribution is 0.588. The lowest BCUT2D eigenvalue weighted by Crippen LogP contribution is -2.21. The molecule has 1 aromatic carbocycles. The first-order chi connectivity index (χ1) is 10.0. The van der Waals surface area contributed by atoms with Gasteiger partial charge in [0, 0.05) is 24.5 Å². The number of nitrogens with one attached hydrogen (secondary N) is 2. The van der Waals surface area contributed by atoms with Gasteiger partial charge in [0.25, 0.3) is 0 Å². The first-order valence-corrected chi connectivity index (χ1v) is 7.38. The number of hydrogen-bond donors (Lipinski definition) is 2. The monoisotopic (exact) mass is 303 g/mol. The summed E-state index contributed by atoms with van der Waals surface area (Å²) in [5.41, 5.74) is 1.37. The Morgan fingerprint density at radius 1 is 1.52 bits per heavy atom. The predicted octanol–water partition coefficient (Wildman–Crippen LogP) is 1.63. The molecule has 0 aliphatic carbocycles. The van der Waals surface area contributed by atoms with Crippen LogP contribution in [-0.4, -0.2) is 20.8 Å². The highest BCUT2D eigenvalue weighted by atomic mass is 32.2. The zero-order valence-corrected chi connectivity index (χ0v) is 13.0. The third kappa shape index (κ3) is 3.74. The highest BCUT2D eigenvalue weighted by Crippen LogP contribution is 2.28. The van der Waals surface area contributed by atoms with Crippen molar-refractivity contribution in [2.75, 3.05) is 0 Å². The van der Waals surface area contributed by atoms with Gasteiger partial charge in [-0.3, -0.25) is 4.57 Å². The molecule has 6 nitrogen and oxygen atoms in total. The van der Waals surface area contributed by atoms with Crippen LogP contribution >= 0.6 is 11.8 Å². The normalized spacial score (nSPS) is 10.8. The first-order valence-electron chi connectivity index (χ1n) is 6.57. The van der Waals surface area contributed by atoms with Crippen LogP contribution < -0.4 is 11.0 Å². The molecular weight excluding hydrogens is 286 g/mol. The summed E-state index contributed by atoms with van der Waals surface area (Å²) in [5, 5.41) is 19.5. The van der Waals surface area contributed by atoms with Gasteiger partial charge < -0.3 is 5.32 Å². The molecule has 0 aliphatic heterocycles. The Kier molecular flexibility index (Phi) is 4.83. The van der Waals surface area contributed by atoms with Crippen molar-refractivity contribution in [2.24, 2.45) is 7.05 Å². The van der Waals surface area contributed by atoms with Gasteiger partial charge in [-0.1, -0.05) is 19.9 Å². The van der Waals surface area contributed by atoms with E-state index < -0.39 is 0 Å². The van der Waals surface area contributed by atoms with Crippen LogP contribution in [0.5, 0.6) is 0 Å². The number of nitriles is 1. The van der Waals surface area contributed by atoms with Crippen LogP contribution in [0.15, 0.2) is 33.0 Å². The Hall–Kier alpha value is -2.04. The maximum absolute atomic E-state index is 11.3. The molecule has 2 aromatic rings. The van der Waals surface area contributed by atoms with Crippen LogP contribution in [0.3, 0.4) is 0 Å². The Labute approximate surface area is 127 Å². The van der Waals surface area contributed by atoms with Crippen molar-refractivity contribution in [1.29, 1.82) is 5.26 Å². The zero-order valence-electron chi connectivity index (χ0n) is 12.2. The zero-order chi connectivity index (χ0) is 15.4. The summed E-state index contributed by atoms with van der Waals surface area (Å²) >= 11 is 1.30. The minimum Gasteiger partial charge on any atom is -0.310 e. The first kappa shape index (κ1) is 15.4. The lowest BCUT2D eigenvalue weighted by Gasteiger charge is -2.09. The number of nitrogens with zero attached hydrogens (tertiary/aromatic N) is 3. The Morgan fingerprint density at radius 2 is 2.29 bits per heavy atom. The molecule has 0 aliphatic rings. The van der Waals surface area contributed by atoms with Gasteiger partial charge in [-0.15, -0.1) is 5.10 Å². The van der Waals surface area contributed by atoms with Crippen molar-refractivity contribution < 1.29 is 0 Å². The van der Waals surface area contributed by atoms with Crippen molar-refractivity contribution in [2.45, 2.75) is 36.5 Å². The van der Waals surface area contributed by atoms with Gasteiger partial charge in [-0.25, -0.2) is 9.89 Å². The van der Waals surface area contributed by atoms with E-state index >= 15 is 0 Å². The Bertz CT molecular complexity index is 726. The van der Waals surface area contributed by atoms with E-state index in [1.54, 1.807) is 7.05 Å². The smallest absolute Gasteiger partial charge is 0.310 e. The molecule has 0 saturated carbocycles. The van der Waals surface area contributed by atoms with E-state index in [0.29, 0.717) is 16.8 Å². The molecule has 0 atom stereocenters. The minimum atomic E-state index is -0.270. The molecule has 0 spiro atoms. The molecule has 1 aromatic heterocycles. The summed E-state index contributed by atoms with van der Waals surface area (Å²) in [4.78, 5) is 12.1. The molecule has 0 saturated heterocycles. The van der Waals surface area contributed by atoms with Crippen molar-refractivity contribution in [3.05, 3.63) is 39.8 Å². The van der Waals surface area contributed by atoms with Gasteiger partial charge in [0.1, 0.15) is 6.07 Å². The summed E-state index contributed by atoms with van der Waals surface area (Å²) in [6, 6.07) is 8.32. The quantitative estimate of drug-likeness (QED) is 0.876. The predicted molar refractivity (Wildman–Crippen MR) is 81.1 cm³/mol. The van der Waals surface area contributed by atoms with E-state index in [2.05, 4.69) is 35.4 Å². The van der Waals surface area contributed by atoms with E-state index in [4.69, 9.17) is 0 Å². The van der Waals surface area contributed by atoms with E-state index in [0.717, 1.165) is 17.0 Å². The van der Waals surface area contributed by atoms with Gasteiger partial charge in [-0.05, 0) is 29.5 Å². The maximum atomic E-state index is 11.3. The Balaban J connectivity index is 2.22. The molecule has 0 bridgehead atoms. The number of aromatic amines is 1. The van der Waals surface area contributed by atoms with E-state index in [-0.39, 0.29) is 5.69 Å². The third-order valence-electron chi connectivity index (χ3n) is 2.92. The number of aromatic nitrogens is 3. The van der Waals surface area contributed by atoms with E-state index in [9.17, 15) is 10.1 Å². The van der Waals surface area contributed by atoms with E-state index in [1.807, 2.05) is 18.2 Å². The molecule has 110 valence electrons. The fourth-order valence-electron chi connectivity index (χ4n) is 1.71. The number of H-pyrrole nitrogens is 1. The second-order valence-corrected chi connectivity index (χ2v) is 5.96. The third-order valence-corrected chi connectivity index (χ3v) is 4.04. The van der Waals surface area contributed by atoms with Crippen molar-refractivity contribution in [3.8, 4) is 6.07 Å². The number of benzene rings is 1. The summed E-state index contributed by atoms with van der Waals surface area (Å²) in [5.74, 6) is 0. The summed E-state index contributed by atoms with van der Waals surface area (Å²) in [6.07, 6.45) is 0. The van der Waals surface area contributed by atoms with Gasteiger partial charge >= 0.3 is 5.69 Å². The fraction of sp³-hybridized carbons (Fsp3) is 0.357. The molecule has 2 rings (SSSR count). The van der Waals surface area contributed by atoms with Crippen LogP contribution in [0.2, 0.25) is 0 Å². The second kappa shape index (κ2) is 6.61. The number of hydrogen-bond acceptors (Lipinski definition) is 5.